The zero-order valence-electron chi connectivity index (χ0n) is 18.8. The van der Waals surface area contributed by atoms with Crippen LogP contribution in [0.25, 0.3) is 11.1 Å². The fourth-order valence-corrected chi connectivity index (χ4v) is 3.25. The molecule has 0 aromatic heterocycles. The molecule has 0 atom stereocenters. The van der Waals surface area contributed by atoms with Crippen LogP contribution < -0.4 is 4.90 Å². The first-order valence-corrected chi connectivity index (χ1v) is 10.3. The van der Waals surface area contributed by atoms with E-state index in [1.807, 2.05) is 0 Å². The molecule has 3 aromatic carbocycles. The van der Waals surface area contributed by atoms with Crippen molar-refractivity contribution in [3.05, 3.63) is 89.2 Å². The minimum absolute atomic E-state index is 0.201. The van der Waals surface area contributed by atoms with Gasteiger partial charge in [-0.15, -0.1) is 0 Å². The zero-order valence-corrected chi connectivity index (χ0v) is 18.8. The second-order valence-electron chi connectivity index (χ2n) is 8.59. The first-order valence-electron chi connectivity index (χ1n) is 10.3. The number of anilines is 1. The summed E-state index contributed by atoms with van der Waals surface area (Å²) in [7, 11) is 0. The lowest BCUT2D eigenvalue weighted by atomic mass is 10.0. The molecule has 0 saturated heterocycles. The molecule has 3 rings (SSSR count). The lowest BCUT2D eigenvalue weighted by Crippen LogP contribution is -2.39. The molecule has 0 radical (unpaired) electrons. The van der Waals surface area contributed by atoms with E-state index in [0.29, 0.717) is 16.7 Å². The van der Waals surface area contributed by atoms with Crippen molar-refractivity contribution in [3.8, 4) is 11.1 Å². The average molecular weight is 455 g/mol. The van der Waals surface area contributed by atoms with Crippen LogP contribution in [0.5, 0.6) is 0 Å². The van der Waals surface area contributed by atoms with Crippen LogP contribution in [-0.2, 0) is 9.53 Å². The van der Waals surface area contributed by atoms with Crippen molar-refractivity contribution in [3.63, 3.8) is 0 Å². The van der Waals surface area contributed by atoms with E-state index in [9.17, 15) is 22.8 Å². The van der Waals surface area contributed by atoms with E-state index in [1.165, 1.54) is 12.1 Å². The van der Waals surface area contributed by atoms with Gasteiger partial charge in [-0.25, -0.2) is 13.2 Å². The maximum Gasteiger partial charge on any atom is 0.326 e. The molecule has 0 aliphatic rings. The summed E-state index contributed by atoms with van der Waals surface area (Å²) in [6, 6.07) is 14.1. The van der Waals surface area contributed by atoms with Crippen molar-refractivity contribution in [2.24, 2.45) is 0 Å². The molecular formula is C26H24F3NO3. The van der Waals surface area contributed by atoms with Gasteiger partial charge in [-0.3, -0.25) is 14.5 Å². The van der Waals surface area contributed by atoms with Crippen LogP contribution in [-0.4, -0.2) is 24.0 Å². The topological polar surface area (TPSA) is 46.6 Å². The number of nitrogens with zero attached hydrogens (tertiary/aromatic N) is 1. The Balaban J connectivity index is 2.06. The Bertz CT molecular complexity index is 1180. The smallest absolute Gasteiger partial charge is 0.326 e. The Kier molecular flexibility index (Phi) is 6.91. The average Bonchev–Trinajstić information content (AvgIpc) is 2.72. The molecule has 7 heteroatoms. The summed E-state index contributed by atoms with van der Waals surface area (Å²) in [5, 5.41) is 0. The molecule has 172 valence electrons. The van der Waals surface area contributed by atoms with Gasteiger partial charge >= 0.3 is 5.97 Å². The molecule has 0 heterocycles. The van der Waals surface area contributed by atoms with Gasteiger partial charge in [0.2, 0.25) is 0 Å². The number of halogens is 3. The summed E-state index contributed by atoms with van der Waals surface area (Å²) in [6.07, 6.45) is 0. The number of benzene rings is 3. The van der Waals surface area contributed by atoms with E-state index < -0.39 is 47.0 Å². The Morgan fingerprint density at radius 3 is 2.06 bits per heavy atom. The molecule has 0 aliphatic heterocycles. The van der Waals surface area contributed by atoms with Crippen molar-refractivity contribution < 1.29 is 27.5 Å². The van der Waals surface area contributed by atoms with E-state index >= 15 is 0 Å². The predicted octanol–water partition coefficient (Wildman–Crippen LogP) is 6.07. The molecular weight excluding hydrogens is 431 g/mol. The Morgan fingerprint density at radius 2 is 1.45 bits per heavy atom. The first kappa shape index (κ1) is 24.0. The zero-order chi connectivity index (χ0) is 24.3. The predicted molar refractivity (Wildman–Crippen MR) is 120 cm³/mol. The Morgan fingerprint density at radius 1 is 0.848 bits per heavy atom. The van der Waals surface area contributed by atoms with Gasteiger partial charge in [0.1, 0.15) is 35.2 Å². The maximum atomic E-state index is 14.4. The number of amides is 1. The second kappa shape index (κ2) is 9.48. The van der Waals surface area contributed by atoms with Gasteiger partial charge < -0.3 is 4.74 Å². The molecule has 0 unspecified atom stereocenters. The van der Waals surface area contributed by atoms with Crippen LogP contribution in [0, 0.1) is 24.4 Å². The molecule has 1 amide bonds. The van der Waals surface area contributed by atoms with Crippen molar-refractivity contribution in [1.29, 1.82) is 0 Å². The third kappa shape index (κ3) is 5.80. The maximum absolute atomic E-state index is 14.4. The molecule has 0 spiro atoms. The number of hydrogen-bond acceptors (Lipinski definition) is 3. The quantitative estimate of drug-likeness (QED) is 0.439. The molecule has 0 saturated carbocycles. The summed E-state index contributed by atoms with van der Waals surface area (Å²) in [4.78, 5) is 26.7. The minimum atomic E-state index is -1.05. The van der Waals surface area contributed by atoms with Crippen LogP contribution in [0.1, 0.15) is 36.7 Å². The van der Waals surface area contributed by atoms with Gasteiger partial charge in [0.15, 0.2) is 0 Å². The first-order chi connectivity index (χ1) is 15.5. The Labute approximate surface area is 190 Å². The fraction of sp³-hybridized carbons (Fsp3) is 0.231. The molecule has 3 aromatic rings. The summed E-state index contributed by atoms with van der Waals surface area (Å²) < 4.78 is 48.1. The number of rotatable bonds is 5. The summed E-state index contributed by atoms with van der Waals surface area (Å²) in [5.41, 5.74) is 0.173. The molecule has 0 bridgehead atoms. The minimum Gasteiger partial charge on any atom is -0.459 e. The van der Waals surface area contributed by atoms with Gasteiger partial charge in [0.25, 0.3) is 5.91 Å². The van der Waals surface area contributed by atoms with E-state index in [0.717, 1.165) is 23.1 Å². The second-order valence-corrected chi connectivity index (χ2v) is 8.59. The van der Waals surface area contributed by atoms with E-state index in [1.54, 1.807) is 58.0 Å². The van der Waals surface area contributed by atoms with Gasteiger partial charge in [0, 0.05) is 5.69 Å². The monoisotopic (exact) mass is 455 g/mol. The van der Waals surface area contributed by atoms with Crippen molar-refractivity contribution >= 4 is 17.6 Å². The number of carbonyl (C=O) groups is 2. The highest BCUT2D eigenvalue weighted by Crippen LogP contribution is 2.28. The highest BCUT2D eigenvalue weighted by Gasteiger charge is 2.28. The van der Waals surface area contributed by atoms with E-state index in [2.05, 4.69) is 0 Å². The number of esters is 1. The molecule has 0 fully saturated rings. The van der Waals surface area contributed by atoms with Gasteiger partial charge in [0.05, 0.1) is 0 Å². The van der Waals surface area contributed by atoms with Crippen LogP contribution in [0.3, 0.4) is 0 Å². The number of hydrogen-bond donors (Lipinski definition) is 0. The molecule has 33 heavy (non-hydrogen) atoms. The van der Waals surface area contributed by atoms with Crippen LogP contribution in [0.15, 0.2) is 60.7 Å². The Hall–Kier alpha value is -3.61. The summed E-state index contributed by atoms with van der Waals surface area (Å²) in [5.74, 6) is -4.28. The highest BCUT2D eigenvalue weighted by molar-refractivity contribution is 6.09. The summed E-state index contributed by atoms with van der Waals surface area (Å²) in [6.45, 7) is 6.07. The largest absolute Gasteiger partial charge is 0.459 e. The number of ether oxygens (including phenoxy) is 1. The third-order valence-electron chi connectivity index (χ3n) is 4.79. The van der Waals surface area contributed by atoms with Crippen molar-refractivity contribution in [1.82, 2.24) is 0 Å². The van der Waals surface area contributed by atoms with Gasteiger partial charge in [-0.05, 0) is 74.7 Å². The molecule has 0 N–H and O–H groups in total. The fourth-order valence-electron chi connectivity index (χ4n) is 3.25. The van der Waals surface area contributed by atoms with Crippen molar-refractivity contribution in [2.45, 2.75) is 33.3 Å². The van der Waals surface area contributed by atoms with Crippen LogP contribution in [0.4, 0.5) is 18.9 Å². The van der Waals surface area contributed by atoms with E-state index in [4.69, 9.17) is 4.74 Å². The van der Waals surface area contributed by atoms with E-state index in [-0.39, 0.29) is 5.69 Å². The molecule has 4 nitrogen and oxygen atoms in total. The summed E-state index contributed by atoms with van der Waals surface area (Å²) >= 11 is 0. The SMILES string of the molecule is Cc1ccc(-c2cccc(N(CC(=O)OC(C)(C)C)C(=O)c3c(F)cccc3F)c2)cc1F. The standard InChI is InChI=1S/C26H24F3NO3/c1-16-11-12-18(14-22(16)29)17-7-5-8-19(13-17)30(15-23(31)33-26(2,3)4)25(32)24-20(27)9-6-10-21(24)28/h5-14H,15H2,1-4H3. The van der Waals surface area contributed by atoms with Gasteiger partial charge in [-0.1, -0.05) is 30.3 Å². The molecule has 0 aliphatic carbocycles. The number of aryl methyl sites for hydroxylation is 1. The number of carbonyl (C=O) groups excluding carboxylic acids is 2. The lowest BCUT2D eigenvalue weighted by molar-refractivity contribution is -0.152. The van der Waals surface area contributed by atoms with Crippen molar-refractivity contribution in [2.75, 3.05) is 11.4 Å². The van der Waals surface area contributed by atoms with Gasteiger partial charge in [-0.2, -0.15) is 0 Å². The third-order valence-corrected chi connectivity index (χ3v) is 4.79. The highest BCUT2D eigenvalue weighted by atomic mass is 19.1. The van der Waals surface area contributed by atoms with Crippen LogP contribution in [0.2, 0.25) is 0 Å². The normalized spacial score (nSPS) is 11.2. The lowest BCUT2D eigenvalue weighted by Gasteiger charge is -2.26. The van der Waals surface area contributed by atoms with Crippen LogP contribution >= 0.6 is 0 Å².